The van der Waals surface area contributed by atoms with Gasteiger partial charge in [-0.15, -0.1) is 0 Å². The first-order valence-corrected chi connectivity index (χ1v) is 8.68. The molecular formula is C19H22N4O3. The lowest BCUT2D eigenvalue weighted by atomic mass is 10.1. The number of rotatable bonds is 4. The van der Waals surface area contributed by atoms with Crippen LogP contribution in [0.3, 0.4) is 0 Å². The molecule has 2 aromatic rings. The lowest BCUT2D eigenvalue weighted by molar-refractivity contribution is 0.0302. The van der Waals surface area contributed by atoms with E-state index in [1.165, 1.54) is 12.5 Å². The summed E-state index contributed by atoms with van der Waals surface area (Å²) in [6.45, 7) is 6.08. The number of hydrogen-bond acceptors (Lipinski definition) is 5. The Hall–Kier alpha value is -2.80. The minimum Gasteiger partial charge on any atom is -0.378 e. The summed E-state index contributed by atoms with van der Waals surface area (Å²) in [7, 11) is 0. The number of ether oxygens (including phenoxy) is 1. The molecule has 1 aromatic heterocycles. The van der Waals surface area contributed by atoms with Gasteiger partial charge in [-0.2, -0.15) is 0 Å². The maximum atomic E-state index is 12.8. The fourth-order valence-electron chi connectivity index (χ4n) is 2.89. The number of aryl methyl sites for hydroxylation is 2. The summed E-state index contributed by atoms with van der Waals surface area (Å²) in [5, 5.41) is 2.84. The molecule has 7 nitrogen and oxygen atoms in total. The Morgan fingerprint density at radius 1 is 1.23 bits per heavy atom. The zero-order valence-electron chi connectivity index (χ0n) is 15.0. The molecule has 0 atom stereocenters. The molecule has 1 N–H and O–H groups in total. The Balaban J connectivity index is 1.81. The molecular weight excluding hydrogens is 332 g/mol. The quantitative estimate of drug-likeness (QED) is 0.909. The highest BCUT2D eigenvalue weighted by Crippen LogP contribution is 2.19. The zero-order chi connectivity index (χ0) is 18.5. The van der Waals surface area contributed by atoms with Gasteiger partial charge in [0.2, 0.25) is 0 Å². The van der Waals surface area contributed by atoms with Gasteiger partial charge in [0.1, 0.15) is 6.33 Å². The molecule has 1 aliphatic heterocycles. The summed E-state index contributed by atoms with van der Waals surface area (Å²) in [5.41, 5.74) is 3.16. The van der Waals surface area contributed by atoms with Gasteiger partial charge in [0.15, 0.2) is 0 Å². The maximum absolute atomic E-state index is 12.8. The number of benzene rings is 1. The van der Waals surface area contributed by atoms with Gasteiger partial charge < -0.3 is 15.0 Å². The van der Waals surface area contributed by atoms with Crippen LogP contribution in [-0.2, 0) is 11.2 Å². The lowest BCUT2D eigenvalue weighted by Gasteiger charge is -2.27. The Bertz CT molecular complexity index is 816. The summed E-state index contributed by atoms with van der Waals surface area (Å²) >= 11 is 0. The molecule has 0 radical (unpaired) electrons. The lowest BCUT2D eigenvalue weighted by Crippen LogP contribution is -2.41. The molecule has 1 aromatic carbocycles. The van der Waals surface area contributed by atoms with E-state index < -0.39 is 0 Å². The Labute approximate surface area is 152 Å². The maximum Gasteiger partial charge on any atom is 0.259 e. The molecule has 136 valence electrons. The number of hydrogen-bond donors (Lipinski definition) is 1. The average molecular weight is 354 g/mol. The van der Waals surface area contributed by atoms with E-state index in [-0.39, 0.29) is 11.8 Å². The standard InChI is InChI=1S/C19H22N4O3/c1-3-17-16(11-20-12-21-17)18(24)22-14-5-4-13(2)15(10-14)19(25)23-6-8-26-9-7-23/h4-5,10-12H,3,6-9H2,1-2H3,(H,22,24). The van der Waals surface area contributed by atoms with Gasteiger partial charge >= 0.3 is 0 Å². The highest BCUT2D eigenvalue weighted by molar-refractivity contribution is 6.05. The van der Waals surface area contributed by atoms with Crippen molar-refractivity contribution in [2.45, 2.75) is 20.3 Å². The predicted octanol–water partition coefficient (Wildman–Crippen LogP) is 2.07. The van der Waals surface area contributed by atoms with Crippen molar-refractivity contribution in [1.29, 1.82) is 0 Å². The molecule has 3 rings (SSSR count). The van der Waals surface area contributed by atoms with Gasteiger partial charge in [-0.1, -0.05) is 13.0 Å². The van der Waals surface area contributed by atoms with E-state index in [9.17, 15) is 9.59 Å². The van der Waals surface area contributed by atoms with E-state index in [0.29, 0.717) is 55.2 Å². The fraction of sp³-hybridized carbons (Fsp3) is 0.368. The Kier molecular flexibility index (Phi) is 5.58. The van der Waals surface area contributed by atoms with Crippen LogP contribution in [0.5, 0.6) is 0 Å². The van der Waals surface area contributed by atoms with Crippen molar-refractivity contribution in [3.05, 3.63) is 53.1 Å². The number of morpholine rings is 1. The minimum absolute atomic E-state index is 0.0424. The second kappa shape index (κ2) is 8.05. The molecule has 0 spiro atoms. The monoisotopic (exact) mass is 354 g/mol. The van der Waals surface area contributed by atoms with Gasteiger partial charge in [0, 0.05) is 30.5 Å². The van der Waals surface area contributed by atoms with Crippen LogP contribution in [0.25, 0.3) is 0 Å². The number of carbonyl (C=O) groups excluding carboxylic acids is 2. The molecule has 1 aliphatic rings. The predicted molar refractivity (Wildman–Crippen MR) is 97.3 cm³/mol. The Morgan fingerprint density at radius 3 is 2.73 bits per heavy atom. The minimum atomic E-state index is -0.281. The van der Waals surface area contributed by atoms with Crippen LogP contribution in [0, 0.1) is 6.92 Å². The summed E-state index contributed by atoms with van der Waals surface area (Å²) in [6.07, 6.45) is 3.58. The smallest absolute Gasteiger partial charge is 0.259 e. The molecule has 26 heavy (non-hydrogen) atoms. The fourth-order valence-corrected chi connectivity index (χ4v) is 2.89. The van der Waals surface area contributed by atoms with Crippen molar-refractivity contribution in [3.8, 4) is 0 Å². The molecule has 2 amide bonds. The van der Waals surface area contributed by atoms with Crippen LogP contribution in [0.2, 0.25) is 0 Å². The van der Waals surface area contributed by atoms with Gasteiger partial charge in [-0.05, 0) is 31.0 Å². The largest absolute Gasteiger partial charge is 0.378 e. The molecule has 1 fully saturated rings. The number of carbonyl (C=O) groups is 2. The SMILES string of the molecule is CCc1ncncc1C(=O)Nc1ccc(C)c(C(=O)N2CCOCC2)c1. The molecule has 0 unspecified atom stereocenters. The van der Waals surface area contributed by atoms with Crippen molar-refractivity contribution in [2.24, 2.45) is 0 Å². The van der Waals surface area contributed by atoms with E-state index in [1.807, 2.05) is 19.9 Å². The van der Waals surface area contributed by atoms with Crippen LogP contribution >= 0.6 is 0 Å². The van der Waals surface area contributed by atoms with E-state index in [2.05, 4.69) is 15.3 Å². The first-order chi connectivity index (χ1) is 12.6. The summed E-state index contributed by atoms with van der Waals surface area (Å²) in [6, 6.07) is 5.35. The van der Waals surface area contributed by atoms with Gasteiger partial charge in [0.05, 0.1) is 24.5 Å². The normalized spacial score (nSPS) is 14.2. The highest BCUT2D eigenvalue weighted by Gasteiger charge is 2.21. The van der Waals surface area contributed by atoms with Crippen LogP contribution in [0.15, 0.2) is 30.7 Å². The third-order valence-corrected chi connectivity index (χ3v) is 4.40. The van der Waals surface area contributed by atoms with Gasteiger partial charge in [0.25, 0.3) is 11.8 Å². The first-order valence-electron chi connectivity index (χ1n) is 8.68. The van der Waals surface area contributed by atoms with Gasteiger partial charge in [-0.3, -0.25) is 9.59 Å². The van der Waals surface area contributed by atoms with Crippen LogP contribution in [-0.4, -0.2) is 53.0 Å². The summed E-state index contributed by atoms with van der Waals surface area (Å²) < 4.78 is 5.30. The third kappa shape index (κ3) is 3.88. The molecule has 0 saturated carbocycles. The average Bonchev–Trinajstić information content (AvgIpc) is 2.69. The van der Waals surface area contributed by atoms with E-state index in [4.69, 9.17) is 4.74 Å². The van der Waals surface area contributed by atoms with Crippen molar-refractivity contribution in [3.63, 3.8) is 0 Å². The summed E-state index contributed by atoms with van der Waals surface area (Å²) in [4.78, 5) is 35.2. The van der Waals surface area contributed by atoms with Crippen molar-refractivity contribution < 1.29 is 14.3 Å². The third-order valence-electron chi connectivity index (χ3n) is 4.40. The number of amides is 2. The molecule has 0 bridgehead atoms. The second-order valence-electron chi connectivity index (χ2n) is 6.13. The Morgan fingerprint density at radius 2 is 2.00 bits per heavy atom. The van der Waals surface area contributed by atoms with E-state index in [1.54, 1.807) is 17.0 Å². The van der Waals surface area contributed by atoms with E-state index >= 15 is 0 Å². The summed E-state index contributed by atoms with van der Waals surface area (Å²) in [5.74, 6) is -0.324. The number of anilines is 1. The van der Waals surface area contributed by atoms with Crippen LogP contribution in [0.1, 0.15) is 38.9 Å². The van der Waals surface area contributed by atoms with Crippen LogP contribution in [0.4, 0.5) is 5.69 Å². The molecule has 1 saturated heterocycles. The van der Waals surface area contributed by atoms with Crippen molar-refractivity contribution in [1.82, 2.24) is 14.9 Å². The highest BCUT2D eigenvalue weighted by atomic mass is 16.5. The zero-order valence-corrected chi connectivity index (χ0v) is 15.0. The van der Waals surface area contributed by atoms with Crippen LogP contribution < -0.4 is 5.32 Å². The van der Waals surface area contributed by atoms with Crippen molar-refractivity contribution in [2.75, 3.05) is 31.6 Å². The molecule has 0 aliphatic carbocycles. The van der Waals surface area contributed by atoms with Crippen molar-refractivity contribution >= 4 is 17.5 Å². The number of aromatic nitrogens is 2. The second-order valence-corrected chi connectivity index (χ2v) is 6.13. The van der Waals surface area contributed by atoms with E-state index in [0.717, 1.165) is 5.56 Å². The first kappa shape index (κ1) is 18.0. The molecule has 2 heterocycles. The number of nitrogens with zero attached hydrogens (tertiary/aromatic N) is 3. The topological polar surface area (TPSA) is 84.4 Å². The molecule has 7 heteroatoms. The van der Waals surface area contributed by atoms with Gasteiger partial charge in [-0.25, -0.2) is 9.97 Å². The number of nitrogens with one attached hydrogen (secondary N) is 1.